The highest BCUT2D eigenvalue weighted by Gasteiger charge is 2.61. The number of aryl methyl sites for hydroxylation is 1. The SMILES string of the molecule is Cc1ccccc1N1C(=O)[C@@H]2[C@@H](c3ccco3)N(c3ccccc3)O[C@H]2C1=O. The number of benzene rings is 2. The Hall–Kier alpha value is -3.38. The molecule has 6 nitrogen and oxygen atoms in total. The third-order valence-corrected chi connectivity index (χ3v) is 5.32. The Morgan fingerprint density at radius 3 is 2.32 bits per heavy atom. The topological polar surface area (TPSA) is 63.0 Å². The van der Waals surface area contributed by atoms with Crippen LogP contribution < -0.4 is 9.96 Å². The lowest BCUT2D eigenvalue weighted by molar-refractivity contribution is -0.126. The van der Waals surface area contributed by atoms with E-state index in [2.05, 4.69) is 0 Å². The molecule has 3 heterocycles. The monoisotopic (exact) mass is 374 g/mol. The van der Waals surface area contributed by atoms with Crippen LogP contribution in [-0.4, -0.2) is 17.9 Å². The Morgan fingerprint density at radius 2 is 1.61 bits per heavy atom. The maximum absolute atomic E-state index is 13.4. The first-order valence-corrected chi connectivity index (χ1v) is 9.15. The van der Waals surface area contributed by atoms with Crippen LogP contribution in [0.25, 0.3) is 0 Å². The van der Waals surface area contributed by atoms with E-state index in [1.165, 1.54) is 4.90 Å². The number of imide groups is 1. The summed E-state index contributed by atoms with van der Waals surface area (Å²) in [7, 11) is 0. The molecule has 0 radical (unpaired) electrons. The van der Waals surface area contributed by atoms with Gasteiger partial charge in [0.25, 0.3) is 5.91 Å². The summed E-state index contributed by atoms with van der Waals surface area (Å²) in [6, 6.07) is 19.8. The standard InChI is InChI=1S/C22H18N2O4/c1-14-8-5-6-11-16(14)23-21(25)18-19(17-12-7-13-27-17)24(28-20(18)22(23)26)15-9-3-2-4-10-15/h2-13,18-20H,1H3/t18-,19-,20-/m1/s1. The Labute approximate surface area is 161 Å². The number of anilines is 2. The fourth-order valence-corrected chi connectivity index (χ4v) is 4.01. The van der Waals surface area contributed by atoms with Crippen molar-refractivity contribution in [3.05, 3.63) is 84.3 Å². The minimum Gasteiger partial charge on any atom is -0.467 e. The highest BCUT2D eigenvalue weighted by Crippen LogP contribution is 2.47. The molecule has 28 heavy (non-hydrogen) atoms. The second kappa shape index (κ2) is 6.35. The molecule has 0 bridgehead atoms. The zero-order valence-electron chi connectivity index (χ0n) is 15.2. The summed E-state index contributed by atoms with van der Waals surface area (Å²) in [6.07, 6.45) is 0.675. The molecule has 0 unspecified atom stereocenters. The fourth-order valence-electron chi connectivity index (χ4n) is 4.01. The van der Waals surface area contributed by atoms with Crippen LogP contribution in [0.3, 0.4) is 0 Å². The lowest BCUT2D eigenvalue weighted by Gasteiger charge is -2.27. The Kier molecular flexibility index (Phi) is 3.80. The molecule has 2 amide bonds. The van der Waals surface area contributed by atoms with Crippen molar-refractivity contribution < 1.29 is 18.8 Å². The van der Waals surface area contributed by atoms with Crippen LogP contribution in [0.5, 0.6) is 0 Å². The van der Waals surface area contributed by atoms with E-state index in [4.69, 9.17) is 9.25 Å². The first kappa shape index (κ1) is 16.8. The van der Waals surface area contributed by atoms with E-state index in [0.717, 1.165) is 11.3 Å². The summed E-state index contributed by atoms with van der Waals surface area (Å²) in [5, 5.41) is 1.62. The highest BCUT2D eigenvalue weighted by atomic mass is 16.7. The number of nitrogens with zero attached hydrogens (tertiary/aromatic N) is 2. The van der Waals surface area contributed by atoms with Crippen LogP contribution in [0.2, 0.25) is 0 Å². The van der Waals surface area contributed by atoms with Gasteiger partial charge in [-0.3, -0.25) is 14.4 Å². The number of furan rings is 1. The van der Waals surface area contributed by atoms with Gasteiger partial charge in [0.2, 0.25) is 5.91 Å². The van der Waals surface area contributed by atoms with Crippen LogP contribution in [-0.2, 0) is 14.4 Å². The predicted octanol–water partition coefficient (Wildman–Crippen LogP) is 3.64. The highest BCUT2D eigenvalue weighted by molar-refractivity contribution is 6.24. The maximum Gasteiger partial charge on any atom is 0.266 e. The number of hydrogen-bond acceptors (Lipinski definition) is 5. The van der Waals surface area contributed by atoms with Gasteiger partial charge in [0.05, 0.1) is 17.6 Å². The lowest BCUT2D eigenvalue weighted by atomic mass is 9.94. The van der Waals surface area contributed by atoms with Gasteiger partial charge in [-0.1, -0.05) is 36.4 Å². The number of hydroxylamine groups is 1. The van der Waals surface area contributed by atoms with Crippen LogP contribution in [0.1, 0.15) is 17.4 Å². The smallest absolute Gasteiger partial charge is 0.266 e. The average molecular weight is 374 g/mol. The number of para-hydroxylation sites is 2. The summed E-state index contributed by atoms with van der Waals surface area (Å²) in [6.45, 7) is 1.88. The zero-order valence-corrected chi connectivity index (χ0v) is 15.2. The molecule has 2 aromatic carbocycles. The van der Waals surface area contributed by atoms with Crippen LogP contribution in [0.4, 0.5) is 11.4 Å². The van der Waals surface area contributed by atoms with Crippen molar-refractivity contribution in [2.24, 2.45) is 5.92 Å². The second-order valence-electron chi connectivity index (χ2n) is 6.97. The third-order valence-electron chi connectivity index (χ3n) is 5.32. The molecule has 2 saturated heterocycles. The normalized spacial score (nSPS) is 24.1. The first-order valence-electron chi connectivity index (χ1n) is 9.15. The van der Waals surface area contributed by atoms with Gasteiger partial charge in [-0.2, -0.15) is 0 Å². The minimum absolute atomic E-state index is 0.274. The number of hydrogen-bond donors (Lipinski definition) is 0. The number of carbonyl (C=O) groups excluding carboxylic acids is 2. The van der Waals surface area contributed by atoms with Gasteiger partial charge in [-0.25, -0.2) is 9.96 Å². The summed E-state index contributed by atoms with van der Waals surface area (Å²) < 4.78 is 5.62. The van der Waals surface area contributed by atoms with E-state index in [-0.39, 0.29) is 11.8 Å². The van der Waals surface area contributed by atoms with Gasteiger partial charge >= 0.3 is 0 Å². The van der Waals surface area contributed by atoms with Gasteiger partial charge in [0, 0.05) is 0 Å². The number of amides is 2. The number of carbonyl (C=O) groups is 2. The van der Waals surface area contributed by atoms with Crippen molar-refractivity contribution in [2.45, 2.75) is 19.1 Å². The second-order valence-corrected chi connectivity index (χ2v) is 6.97. The van der Waals surface area contributed by atoms with E-state index < -0.39 is 18.1 Å². The first-order chi connectivity index (χ1) is 13.7. The Balaban J connectivity index is 1.59. The van der Waals surface area contributed by atoms with Crippen molar-refractivity contribution in [3.63, 3.8) is 0 Å². The molecule has 0 saturated carbocycles. The lowest BCUT2D eigenvalue weighted by Crippen LogP contribution is -2.37. The predicted molar refractivity (Wildman–Crippen MR) is 102 cm³/mol. The number of rotatable bonds is 3. The fraction of sp³-hybridized carbons (Fsp3) is 0.182. The van der Waals surface area contributed by atoms with Crippen LogP contribution in [0.15, 0.2) is 77.4 Å². The molecular weight excluding hydrogens is 356 g/mol. The van der Waals surface area contributed by atoms with E-state index in [9.17, 15) is 9.59 Å². The van der Waals surface area contributed by atoms with E-state index in [0.29, 0.717) is 11.4 Å². The quantitative estimate of drug-likeness (QED) is 0.655. The maximum atomic E-state index is 13.4. The van der Waals surface area contributed by atoms with Crippen LogP contribution >= 0.6 is 0 Å². The molecule has 3 atom stereocenters. The summed E-state index contributed by atoms with van der Waals surface area (Å²) in [5.74, 6) is -0.717. The Bertz CT molecular complexity index is 1030. The zero-order chi connectivity index (χ0) is 19.3. The molecule has 3 aromatic rings. The minimum atomic E-state index is -0.887. The summed E-state index contributed by atoms with van der Waals surface area (Å²) in [5.41, 5.74) is 2.22. The van der Waals surface area contributed by atoms with Crippen molar-refractivity contribution in [3.8, 4) is 0 Å². The summed E-state index contributed by atoms with van der Waals surface area (Å²) >= 11 is 0. The molecule has 6 heteroatoms. The summed E-state index contributed by atoms with van der Waals surface area (Å²) in [4.78, 5) is 33.9. The molecule has 2 aliphatic rings. The van der Waals surface area contributed by atoms with Crippen LogP contribution in [0, 0.1) is 12.8 Å². The molecular formula is C22H18N2O4. The van der Waals surface area contributed by atoms with Gasteiger partial charge in [-0.05, 0) is 42.8 Å². The molecule has 2 fully saturated rings. The molecule has 0 spiro atoms. The van der Waals surface area contributed by atoms with Crippen molar-refractivity contribution in [2.75, 3.05) is 9.96 Å². The van der Waals surface area contributed by atoms with E-state index in [1.807, 2.05) is 55.5 Å². The van der Waals surface area contributed by atoms with E-state index in [1.54, 1.807) is 29.5 Å². The van der Waals surface area contributed by atoms with Crippen molar-refractivity contribution in [1.29, 1.82) is 0 Å². The molecule has 2 aliphatic heterocycles. The van der Waals surface area contributed by atoms with Gasteiger partial charge in [-0.15, -0.1) is 0 Å². The molecule has 0 N–H and O–H groups in total. The Morgan fingerprint density at radius 1 is 0.857 bits per heavy atom. The molecule has 0 aliphatic carbocycles. The van der Waals surface area contributed by atoms with Gasteiger partial charge in [0.1, 0.15) is 17.7 Å². The van der Waals surface area contributed by atoms with Crippen molar-refractivity contribution >= 4 is 23.2 Å². The molecule has 5 rings (SSSR count). The van der Waals surface area contributed by atoms with Crippen molar-refractivity contribution in [1.82, 2.24) is 0 Å². The van der Waals surface area contributed by atoms with Gasteiger partial charge in [0.15, 0.2) is 6.10 Å². The van der Waals surface area contributed by atoms with E-state index >= 15 is 0 Å². The largest absolute Gasteiger partial charge is 0.467 e. The molecule has 140 valence electrons. The molecule has 1 aromatic heterocycles. The average Bonchev–Trinajstić information content (AvgIpc) is 3.41. The third kappa shape index (κ3) is 2.38. The number of fused-ring (bicyclic) bond motifs is 1. The van der Waals surface area contributed by atoms with Gasteiger partial charge < -0.3 is 4.42 Å².